The van der Waals surface area contributed by atoms with Crippen LogP contribution in [0.1, 0.15) is 19.4 Å². The molecule has 1 aromatic carbocycles. The Morgan fingerprint density at radius 1 is 0.786 bits per heavy atom. The van der Waals surface area contributed by atoms with Crippen molar-refractivity contribution in [1.82, 2.24) is 0 Å². The summed E-state index contributed by atoms with van der Waals surface area (Å²) >= 11 is 5.71. The van der Waals surface area contributed by atoms with Gasteiger partial charge in [-0.2, -0.15) is 0 Å². The highest BCUT2D eigenvalue weighted by atomic mass is 79.9. The summed E-state index contributed by atoms with van der Waals surface area (Å²) < 4.78 is 38.2. The molecule has 1 rings (SSSR count). The van der Waals surface area contributed by atoms with Crippen LogP contribution >= 0.6 is 31.9 Å². The zero-order chi connectivity index (χ0) is 11.5. The lowest BCUT2D eigenvalue weighted by atomic mass is 10.2. The van der Waals surface area contributed by atoms with E-state index in [0.29, 0.717) is 0 Å². The molecule has 1 aromatic rings. The first-order valence-corrected chi connectivity index (χ1v) is 5.53. The Hall–Kier alpha value is -0.0300. The summed E-state index contributed by atoms with van der Waals surface area (Å²) in [5.41, 5.74) is 0.0424. The highest BCUT2D eigenvalue weighted by molar-refractivity contribution is 9.13. The lowest BCUT2D eigenvalue weighted by Crippen LogP contribution is -1.97. The molecule has 0 aliphatic carbocycles. The van der Waals surface area contributed by atoms with Gasteiger partial charge in [-0.3, -0.25) is 0 Å². The van der Waals surface area contributed by atoms with Gasteiger partial charge >= 0.3 is 0 Å². The Labute approximate surface area is 97.8 Å². The molecular weight excluding hydrogens is 325 g/mol. The van der Waals surface area contributed by atoms with Crippen molar-refractivity contribution in [3.8, 4) is 0 Å². The van der Waals surface area contributed by atoms with Gasteiger partial charge in [-0.15, -0.1) is 0 Å². The summed E-state index contributed by atoms with van der Waals surface area (Å²) in [6.45, 7) is 5.35. The first-order valence-electron chi connectivity index (χ1n) is 3.94. The highest BCUT2D eigenvalue weighted by Crippen LogP contribution is 2.32. The molecule has 0 saturated carbocycles. The average Bonchev–Trinajstić information content (AvgIpc) is 2.24. The molecule has 14 heavy (non-hydrogen) atoms. The van der Waals surface area contributed by atoms with Gasteiger partial charge in [0, 0.05) is 10.0 Å². The van der Waals surface area contributed by atoms with Gasteiger partial charge in [-0.05, 0) is 38.8 Å². The minimum Gasteiger partial charge on any atom is -0.203 e. The van der Waals surface area contributed by atoms with Crippen LogP contribution in [-0.4, -0.2) is 0 Å². The van der Waals surface area contributed by atoms with E-state index in [4.69, 9.17) is 0 Å². The van der Waals surface area contributed by atoms with E-state index in [1.54, 1.807) is 0 Å². The molecule has 0 aliphatic rings. The van der Waals surface area contributed by atoms with Gasteiger partial charge in [0.1, 0.15) is 0 Å². The Kier molecular flexibility index (Phi) is 5.74. The third kappa shape index (κ3) is 2.51. The van der Waals surface area contributed by atoms with Gasteiger partial charge in [0.2, 0.25) is 0 Å². The number of hydrogen-bond acceptors (Lipinski definition) is 0. The third-order valence-electron chi connectivity index (χ3n) is 1.43. The standard InChI is InChI=1S/C7H3Br2F3.C2H6/c1-2-3(8)4(9)6(11)7(12)5(2)10;1-2/h1H3;1-2H3. The molecule has 0 unspecified atom stereocenters. The molecule has 0 saturated heterocycles. The largest absolute Gasteiger partial charge is 0.203 e. The predicted octanol–water partition coefficient (Wildman–Crippen LogP) is 4.96. The van der Waals surface area contributed by atoms with Crippen LogP contribution < -0.4 is 0 Å². The molecule has 0 bridgehead atoms. The van der Waals surface area contributed by atoms with E-state index in [0.717, 1.165) is 0 Å². The molecule has 0 atom stereocenters. The Morgan fingerprint density at radius 3 is 1.64 bits per heavy atom. The molecule has 0 fully saturated rings. The maximum Gasteiger partial charge on any atom is 0.195 e. The summed E-state index contributed by atoms with van der Waals surface area (Å²) in [5.74, 6) is -3.84. The molecule has 0 radical (unpaired) electrons. The highest BCUT2D eigenvalue weighted by Gasteiger charge is 2.19. The van der Waals surface area contributed by atoms with Crippen molar-refractivity contribution in [3.63, 3.8) is 0 Å². The van der Waals surface area contributed by atoms with Gasteiger partial charge in [0.25, 0.3) is 0 Å². The van der Waals surface area contributed by atoms with Gasteiger partial charge in [0.15, 0.2) is 17.5 Å². The van der Waals surface area contributed by atoms with E-state index < -0.39 is 17.5 Å². The molecule has 0 heterocycles. The Balaban J connectivity index is 0.000000791. The van der Waals surface area contributed by atoms with Crippen molar-refractivity contribution >= 4 is 31.9 Å². The zero-order valence-electron chi connectivity index (χ0n) is 7.89. The first-order chi connectivity index (χ1) is 6.46. The lowest BCUT2D eigenvalue weighted by Gasteiger charge is -2.05. The summed E-state index contributed by atoms with van der Waals surface area (Å²) in [7, 11) is 0. The molecule has 0 aliphatic heterocycles. The smallest absolute Gasteiger partial charge is 0.195 e. The SMILES string of the molecule is CC.Cc1c(F)c(F)c(F)c(Br)c1Br. The second-order valence-electron chi connectivity index (χ2n) is 2.19. The summed E-state index contributed by atoms with van der Waals surface area (Å²) in [6.07, 6.45) is 0. The normalized spacial score (nSPS) is 9.43. The van der Waals surface area contributed by atoms with E-state index >= 15 is 0 Å². The van der Waals surface area contributed by atoms with Crippen LogP contribution in [0.4, 0.5) is 13.2 Å². The van der Waals surface area contributed by atoms with Gasteiger partial charge in [-0.1, -0.05) is 13.8 Å². The first kappa shape index (κ1) is 14.0. The topological polar surface area (TPSA) is 0 Å². The number of rotatable bonds is 0. The molecule has 0 N–H and O–H groups in total. The van der Waals surface area contributed by atoms with Crippen LogP contribution in [0.5, 0.6) is 0 Å². The second-order valence-corrected chi connectivity index (χ2v) is 3.78. The van der Waals surface area contributed by atoms with Gasteiger partial charge in [0.05, 0.1) is 4.47 Å². The summed E-state index contributed by atoms with van der Waals surface area (Å²) in [5, 5.41) is 0. The molecule has 0 nitrogen and oxygen atoms in total. The summed E-state index contributed by atoms with van der Waals surface area (Å²) in [6, 6.07) is 0. The Bertz CT molecular complexity index is 232. The minimum absolute atomic E-state index is 0.0424. The number of halogens is 5. The van der Waals surface area contributed by atoms with Gasteiger partial charge in [-0.25, -0.2) is 13.2 Å². The third-order valence-corrected chi connectivity index (χ3v) is 3.70. The molecule has 0 spiro atoms. The molecule has 0 aromatic heterocycles. The van der Waals surface area contributed by atoms with E-state index in [-0.39, 0.29) is 14.5 Å². The number of hydrogen-bond donors (Lipinski definition) is 0. The van der Waals surface area contributed by atoms with Crippen molar-refractivity contribution in [3.05, 3.63) is 32.0 Å². The molecule has 80 valence electrons. The zero-order valence-corrected chi connectivity index (χ0v) is 11.1. The van der Waals surface area contributed by atoms with Crippen LogP contribution in [0.3, 0.4) is 0 Å². The van der Waals surface area contributed by atoms with Crippen LogP contribution in [0.15, 0.2) is 8.95 Å². The maximum atomic E-state index is 12.8. The fourth-order valence-electron chi connectivity index (χ4n) is 0.715. The minimum atomic E-state index is -1.46. The van der Waals surface area contributed by atoms with Crippen LogP contribution in [0, 0.1) is 24.4 Å². The second kappa shape index (κ2) is 5.75. The quantitative estimate of drug-likeness (QED) is 0.465. The van der Waals surface area contributed by atoms with Crippen LogP contribution in [0.2, 0.25) is 0 Å². The van der Waals surface area contributed by atoms with E-state index in [2.05, 4.69) is 31.9 Å². The monoisotopic (exact) mass is 332 g/mol. The van der Waals surface area contributed by atoms with Crippen molar-refractivity contribution in [2.45, 2.75) is 20.8 Å². The van der Waals surface area contributed by atoms with E-state index in [9.17, 15) is 13.2 Å². The maximum absolute atomic E-state index is 12.8. The van der Waals surface area contributed by atoms with Gasteiger partial charge < -0.3 is 0 Å². The average molecular weight is 334 g/mol. The Morgan fingerprint density at radius 2 is 1.21 bits per heavy atom. The van der Waals surface area contributed by atoms with E-state index in [1.807, 2.05) is 13.8 Å². The lowest BCUT2D eigenvalue weighted by molar-refractivity contribution is 0.439. The van der Waals surface area contributed by atoms with Crippen molar-refractivity contribution < 1.29 is 13.2 Å². The van der Waals surface area contributed by atoms with E-state index in [1.165, 1.54) is 6.92 Å². The molecule has 0 amide bonds. The van der Waals surface area contributed by atoms with Crippen LogP contribution in [0.25, 0.3) is 0 Å². The van der Waals surface area contributed by atoms with Crippen molar-refractivity contribution in [2.75, 3.05) is 0 Å². The molecular formula is C9H9Br2F3. The summed E-state index contributed by atoms with van der Waals surface area (Å²) in [4.78, 5) is 0. The van der Waals surface area contributed by atoms with Crippen molar-refractivity contribution in [1.29, 1.82) is 0 Å². The number of benzene rings is 1. The molecule has 5 heteroatoms. The fourth-order valence-corrected chi connectivity index (χ4v) is 1.53. The predicted molar refractivity (Wildman–Crippen MR) is 57.8 cm³/mol. The van der Waals surface area contributed by atoms with Crippen LogP contribution in [-0.2, 0) is 0 Å². The fraction of sp³-hybridized carbons (Fsp3) is 0.333. The van der Waals surface area contributed by atoms with Crippen molar-refractivity contribution in [2.24, 2.45) is 0 Å².